The molecule has 0 saturated heterocycles. The van der Waals surface area contributed by atoms with Crippen LogP contribution in [-0.2, 0) is 0 Å². The third kappa shape index (κ3) is 2.28. The highest BCUT2D eigenvalue weighted by molar-refractivity contribution is 5.62. The molecular formula is C16H15N3O. The van der Waals surface area contributed by atoms with Crippen LogP contribution in [0, 0.1) is 6.92 Å². The van der Waals surface area contributed by atoms with Gasteiger partial charge >= 0.3 is 0 Å². The fourth-order valence-corrected chi connectivity index (χ4v) is 2.07. The van der Waals surface area contributed by atoms with Gasteiger partial charge in [-0.25, -0.2) is 0 Å². The van der Waals surface area contributed by atoms with Crippen molar-refractivity contribution in [2.45, 2.75) is 6.92 Å². The zero-order chi connectivity index (χ0) is 13.9. The molecule has 2 aromatic carbocycles. The van der Waals surface area contributed by atoms with Crippen LogP contribution in [0.1, 0.15) is 5.69 Å². The monoisotopic (exact) mass is 265 g/mol. The first-order valence-electron chi connectivity index (χ1n) is 6.42. The van der Waals surface area contributed by atoms with Gasteiger partial charge in [-0.3, -0.25) is 0 Å². The van der Waals surface area contributed by atoms with Gasteiger partial charge in [-0.2, -0.15) is 9.90 Å². The Labute approximate surface area is 117 Å². The number of hydrogen-bond donors (Lipinski definition) is 0. The third-order valence-electron chi connectivity index (χ3n) is 3.13. The molecule has 1 aromatic heterocycles. The van der Waals surface area contributed by atoms with E-state index < -0.39 is 0 Å². The van der Waals surface area contributed by atoms with Crippen molar-refractivity contribution in [1.82, 2.24) is 15.0 Å². The molecule has 0 aliphatic carbocycles. The number of aryl methyl sites for hydroxylation is 1. The molecule has 20 heavy (non-hydrogen) atoms. The summed E-state index contributed by atoms with van der Waals surface area (Å²) in [7, 11) is 1.66. The van der Waals surface area contributed by atoms with Gasteiger partial charge in [-0.1, -0.05) is 18.2 Å². The van der Waals surface area contributed by atoms with Crippen molar-refractivity contribution in [3.8, 4) is 22.7 Å². The van der Waals surface area contributed by atoms with E-state index in [9.17, 15) is 0 Å². The van der Waals surface area contributed by atoms with Crippen LogP contribution in [0.15, 0.2) is 54.6 Å². The molecule has 0 aliphatic heterocycles. The van der Waals surface area contributed by atoms with Crippen LogP contribution in [0.5, 0.6) is 5.75 Å². The molecule has 0 atom stereocenters. The predicted octanol–water partition coefficient (Wildman–Crippen LogP) is 3.25. The number of ether oxygens (including phenoxy) is 1. The summed E-state index contributed by atoms with van der Waals surface area (Å²) < 4.78 is 5.17. The summed E-state index contributed by atoms with van der Waals surface area (Å²) in [5.74, 6) is 0.835. The van der Waals surface area contributed by atoms with Gasteiger partial charge < -0.3 is 4.74 Å². The van der Waals surface area contributed by atoms with Crippen LogP contribution in [0.25, 0.3) is 16.9 Å². The number of hydrogen-bond acceptors (Lipinski definition) is 3. The summed E-state index contributed by atoms with van der Waals surface area (Å²) in [6.45, 7) is 1.96. The molecule has 3 rings (SSSR count). The fraction of sp³-hybridized carbons (Fsp3) is 0.125. The van der Waals surface area contributed by atoms with Crippen molar-refractivity contribution < 1.29 is 4.74 Å². The number of para-hydroxylation sites is 1. The molecule has 0 unspecified atom stereocenters. The Balaban J connectivity index is 2.00. The molecule has 0 amide bonds. The zero-order valence-electron chi connectivity index (χ0n) is 11.4. The lowest BCUT2D eigenvalue weighted by Gasteiger charge is -2.01. The number of methoxy groups -OCH3 is 1. The second-order valence-corrected chi connectivity index (χ2v) is 4.49. The first-order valence-corrected chi connectivity index (χ1v) is 6.42. The van der Waals surface area contributed by atoms with E-state index in [0.29, 0.717) is 0 Å². The number of aromatic nitrogens is 3. The van der Waals surface area contributed by atoms with Crippen LogP contribution in [0.4, 0.5) is 0 Å². The Bertz CT molecular complexity index is 702. The highest BCUT2D eigenvalue weighted by atomic mass is 16.5. The quantitative estimate of drug-likeness (QED) is 0.729. The van der Waals surface area contributed by atoms with Gasteiger partial charge in [-0.05, 0) is 43.3 Å². The van der Waals surface area contributed by atoms with Crippen molar-refractivity contribution >= 4 is 0 Å². The standard InChI is InChI=1S/C16H15N3O/c1-12-16(13-8-10-15(20-2)11-9-13)18-19(17-12)14-6-4-3-5-7-14/h3-11H,1-2H3. The zero-order valence-corrected chi connectivity index (χ0v) is 11.4. The first-order chi connectivity index (χ1) is 9.78. The maximum absolute atomic E-state index is 5.17. The lowest BCUT2D eigenvalue weighted by molar-refractivity contribution is 0.415. The molecule has 3 aromatic rings. The lowest BCUT2D eigenvalue weighted by atomic mass is 10.1. The molecule has 0 bridgehead atoms. The van der Waals surface area contributed by atoms with Crippen molar-refractivity contribution in [3.05, 3.63) is 60.3 Å². The number of rotatable bonds is 3. The van der Waals surface area contributed by atoms with Gasteiger partial charge in [0.2, 0.25) is 0 Å². The second kappa shape index (κ2) is 5.17. The molecule has 100 valence electrons. The summed E-state index contributed by atoms with van der Waals surface area (Å²) in [5, 5.41) is 9.04. The summed E-state index contributed by atoms with van der Waals surface area (Å²) >= 11 is 0. The lowest BCUT2D eigenvalue weighted by Crippen LogP contribution is -1.98. The first kappa shape index (κ1) is 12.4. The fourth-order valence-electron chi connectivity index (χ4n) is 2.07. The Kier molecular flexibility index (Phi) is 3.21. The van der Waals surface area contributed by atoms with Gasteiger partial charge in [0, 0.05) is 5.56 Å². The number of nitrogens with zero attached hydrogens (tertiary/aromatic N) is 3. The minimum absolute atomic E-state index is 0.835. The van der Waals surface area contributed by atoms with E-state index in [-0.39, 0.29) is 0 Å². The average Bonchev–Trinajstić information content (AvgIpc) is 2.90. The van der Waals surface area contributed by atoms with Gasteiger partial charge in [0.25, 0.3) is 0 Å². The summed E-state index contributed by atoms with van der Waals surface area (Å²) in [4.78, 5) is 1.66. The maximum atomic E-state index is 5.17. The Morgan fingerprint density at radius 2 is 1.60 bits per heavy atom. The van der Waals surface area contributed by atoms with Gasteiger partial charge in [-0.15, -0.1) is 5.10 Å². The van der Waals surface area contributed by atoms with Gasteiger partial charge in [0.05, 0.1) is 18.5 Å². The highest BCUT2D eigenvalue weighted by Gasteiger charge is 2.10. The van der Waals surface area contributed by atoms with E-state index >= 15 is 0 Å². The van der Waals surface area contributed by atoms with Crippen LogP contribution in [-0.4, -0.2) is 22.1 Å². The smallest absolute Gasteiger partial charge is 0.118 e. The van der Waals surface area contributed by atoms with E-state index in [1.807, 2.05) is 61.5 Å². The predicted molar refractivity (Wildman–Crippen MR) is 78.1 cm³/mol. The van der Waals surface area contributed by atoms with E-state index in [2.05, 4.69) is 10.2 Å². The van der Waals surface area contributed by atoms with Crippen molar-refractivity contribution in [1.29, 1.82) is 0 Å². The normalized spacial score (nSPS) is 10.5. The SMILES string of the molecule is COc1ccc(-c2nn(-c3ccccc3)nc2C)cc1. The Morgan fingerprint density at radius 3 is 2.25 bits per heavy atom. The Hall–Kier alpha value is -2.62. The van der Waals surface area contributed by atoms with Crippen molar-refractivity contribution in [3.63, 3.8) is 0 Å². The topological polar surface area (TPSA) is 39.9 Å². The van der Waals surface area contributed by atoms with Gasteiger partial charge in [0.15, 0.2) is 0 Å². The Morgan fingerprint density at radius 1 is 0.900 bits per heavy atom. The molecule has 0 N–H and O–H groups in total. The third-order valence-corrected chi connectivity index (χ3v) is 3.13. The summed E-state index contributed by atoms with van der Waals surface area (Å²) in [6, 6.07) is 17.7. The van der Waals surface area contributed by atoms with Gasteiger partial charge in [0.1, 0.15) is 11.4 Å². The van der Waals surface area contributed by atoms with E-state index in [1.165, 1.54) is 0 Å². The second-order valence-electron chi connectivity index (χ2n) is 4.49. The molecule has 4 nitrogen and oxygen atoms in total. The molecule has 4 heteroatoms. The molecule has 0 spiro atoms. The van der Waals surface area contributed by atoms with Crippen LogP contribution < -0.4 is 4.74 Å². The van der Waals surface area contributed by atoms with Crippen LogP contribution in [0.3, 0.4) is 0 Å². The number of benzene rings is 2. The minimum Gasteiger partial charge on any atom is -0.497 e. The average molecular weight is 265 g/mol. The molecule has 0 saturated carbocycles. The largest absolute Gasteiger partial charge is 0.497 e. The maximum Gasteiger partial charge on any atom is 0.118 e. The molecular weight excluding hydrogens is 250 g/mol. The molecule has 0 radical (unpaired) electrons. The van der Waals surface area contributed by atoms with E-state index in [4.69, 9.17) is 4.74 Å². The molecule has 1 heterocycles. The van der Waals surface area contributed by atoms with Crippen LogP contribution in [0.2, 0.25) is 0 Å². The summed E-state index contributed by atoms with van der Waals surface area (Å²) in [6.07, 6.45) is 0. The van der Waals surface area contributed by atoms with Crippen molar-refractivity contribution in [2.75, 3.05) is 7.11 Å². The summed E-state index contributed by atoms with van der Waals surface area (Å²) in [5.41, 5.74) is 3.77. The molecule has 0 fully saturated rings. The van der Waals surface area contributed by atoms with E-state index in [0.717, 1.165) is 28.4 Å². The molecule has 0 aliphatic rings. The van der Waals surface area contributed by atoms with Crippen molar-refractivity contribution in [2.24, 2.45) is 0 Å². The highest BCUT2D eigenvalue weighted by Crippen LogP contribution is 2.23. The van der Waals surface area contributed by atoms with Crippen LogP contribution >= 0.6 is 0 Å². The minimum atomic E-state index is 0.835. The van der Waals surface area contributed by atoms with E-state index in [1.54, 1.807) is 11.9 Å².